The van der Waals surface area contributed by atoms with E-state index in [0.29, 0.717) is 5.56 Å². The second-order valence-electron chi connectivity index (χ2n) is 6.08. The Morgan fingerprint density at radius 1 is 1.20 bits per heavy atom. The van der Waals surface area contributed by atoms with Crippen LogP contribution in [0.2, 0.25) is 5.02 Å². The Morgan fingerprint density at radius 3 is 2.60 bits per heavy atom. The van der Waals surface area contributed by atoms with E-state index in [2.05, 4.69) is 29.4 Å². The smallest absolute Gasteiger partial charge is 0.288 e. The first-order chi connectivity index (χ1) is 12.1. The third kappa shape index (κ3) is 4.78. The van der Waals surface area contributed by atoms with Crippen molar-refractivity contribution in [2.75, 3.05) is 26.2 Å². The lowest BCUT2D eigenvalue weighted by molar-refractivity contribution is -0.918. The summed E-state index contributed by atoms with van der Waals surface area (Å²) < 4.78 is 0. The van der Waals surface area contributed by atoms with Gasteiger partial charge in [0.2, 0.25) is 0 Å². The van der Waals surface area contributed by atoms with Crippen LogP contribution in [0, 0.1) is 10.1 Å². The number of hydrogen-bond donors (Lipinski definition) is 1. The molecule has 7 heteroatoms. The van der Waals surface area contributed by atoms with Gasteiger partial charge in [-0.1, -0.05) is 48.0 Å². The van der Waals surface area contributed by atoms with Crippen LogP contribution in [0.25, 0.3) is 0 Å². The van der Waals surface area contributed by atoms with Gasteiger partial charge in [0.05, 0.1) is 37.3 Å². The minimum absolute atomic E-state index is 0.0947. The number of benzene rings is 2. The number of quaternary nitrogens is 1. The molecule has 1 heterocycles. The molecule has 0 amide bonds. The molecular weight excluding hydrogens is 340 g/mol. The zero-order chi connectivity index (χ0) is 17.6. The van der Waals surface area contributed by atoms with E-state index in [4.69, 9.17) is 11.6 Å². The summed E-state index contributed by atoms with van der Waals surface area (Å²) in [6.07, 6.45) is 1.66. The van der Waals surface area contributed by atoms with Gasteiger partial charge in [0, 0.05) is 17.2 Å². The van der Waals surface area contributed by atoms with E-state index < -0.39 is 4.92 Å². The Morgan fingerprint density at radius 2 is 1.92 bits per heavy atom. The fourth-order valence-electron chi connectivity index (χ4n) is 2.89. The van der Waals surface area contributed by atoms with Crippen LogP contribution in [0.5, 0.6) is 0 Å². The van der Waals surface area contributed by atoms with Crippen molar-refractivity contribution >= 4 is 23.5 Å². The van der Waals surface area contributed by atoms with Crippen LogP contribution in [-0.4, -0.2) is 42.3 Å². The number of piperazine rings is 1. The first-order valence-corrected chi connectivity index (χ1v) is 8.60. The highest BCUT2D eigenvalue weighted by Gasteiger charge is 2.18. The van der Waals surface area contributed by atoms with Crippen LogP contribution >= 0.6 is 11.6 Å². The van der Waals surface area contributed by atoms with Crippen LogP contribution in [0.4, 0.5) is 5.69 Å². The van der Waals surface area contributed by atoms with Gasteiger partial charge in [-0.05, 0) is 6.07 Å². The molecule has 3 rings (SSSR count). The quantitative estimate of drug-likeness (QED) is 0.504. The van der Waals surface area contributed by atoms with Gasteiger partial charge >= 0.3 is 0 Å². The SMILES string of the molecule is O=[N+]([O-])c1cc(/C=N\N2CC[NH+](Cc3ccccc3)CC2)ccc1Cl. The van der Waals surface area contributed by atoms with Gasteiger partial charge < -0.3 is 4.90 Å². The molecule has 6 nitrogen and oxygen atoms in total. The van der Waals surface area contributed by atoms with E-state index in [1.165, 1.54) is 17.7 Å². The Bertz CT molecular complexity index is 759. The molecule has 25 heavy (non-hydrogen) atoms. The zero-order valence-corrected chi connectivity index (χ0v) is 14.5. The van der Waals surface area contributed by atoms with Crippen LogP contribution in [0.15, 0.2) is 53.6 Å². The first kappa shape index (κ1) is 17.4. The summed E-state index contributed by atoms with van der Waals surface area (Å²) in [6.45, 7) is 4.81. The van der Waals surface area contributed by atoms with Crippen molar-refractivity contribution in [3.8, 4) is 0 Å². The minimum Gasteiger partial charge on any atom is -0.328 e. The van der Waals surface area contributed by atoms with Gasteiger partial charge in [0.25, 0.3) is 5.69 Å². The number of nitrogens with zero attached hydrogens (tertiary/aromatic N) is 3. The van der Waals surface area contributed by atoms with Gasteiger partial charge in [0.1, 0.15) is 11.6 Å². The van der Waals surface area contributed by atoms with Crippen molar-refractivity contribution < 1.29 is 9.82 Å². The van der Waals surface area contributed by atoms with Gasteiger partial charge in [-0.2, -0.15) is 5.10 Å². The highest BCUT2D eigenvalue weighted by Crippen LogP contribution is 2.24. The van der Waals surface area contributed by atoms with Crippen LogP contribution < -0.4 is 4.90 Å². The average Bonchev–Trinajstić information content (AvgIpc) is 2.63. The highest BCUT2D eigenvalue weighted by atomic mass is 35.5. The fourth-order valence-corrected chi connectivity index (χ4v) is 3.07. The second kappa shape index (κ2) is 8.09. The van der Waals surface area contributed by atoms with Crippen molar-refractivity contribution in [1.29, 1.82) is 0 Å². The Labute approximate surface area is 151 Å². The largest absolute Gasteiger partial charge is 0.328 e. The monoisotopic (exact) mass is 359 g/mol. The number of rotatable bonds is 5. The number of halogens is 1. The predicted molar refractivity (Wildman–Crippen MR) is 98.1 cm³/mol. The van der Waals surface area contributed by atoms with Crippen molar-refractivity contribution in [3.63, 3.8) is 0 Å². The standard InChI is InChI=1S/C18H19ClN4O2/c19-17-7-6-16(12-18(17)23(24)25)13-20-22-10-8-21(9-11-22)14-15-4-2-1-3-5-15/h1-7,12-13H,8-11,14H2/p+1/b20-13-. The summed E-state index contributed by atoms with van der Waals surface area (Å²) in [4.78, 5) is 12.0. The maximum absolute atomic E-state index is 10.9. The third-order valence-corrected chi connectivity index (χ3v) is 4.60. The summed E-state index contributed by atoms with van der Waals surface area (Å²) in [7, 11) is 0. The van der Waals surface area contributed by atoms with Crippen LogP contribution in [0.1, 0.15) is 11.1 Å². The molecule has 2 aromatic carbocycles. The van der Waals surface area contributed by atoms with E-state index in [1.807, 2.05) is 11.1 Å². The highest BCUT2D eigenvalue weighted by molar-refractivity contribution is 6.32. The van der Waals surface area contributed by atoms with Crippen LogP contribution in [0.3, 0.4) is 0 Å². The number of nitro benzene ring substituents is 1. The lowest BCUT2D eigenvalue weighted by atomic mass is 10.2. The third-order valence-electron chi connectivity index (χ3n) is 4.28. The normalized spacial score (nSPS) is 15.6. The van der Waals surface area contributed by atoms with E-state index in [9.17, 15) is 10.1 Å². The second-order valence-corrected chi connectivity index (χ2v) is 6.49. The topological polar surface area (TPSA) is 63.2 Å². The molecule has 0 bridgehead atoms. The summed E-state index contributed by atoms with van der Waals surface area (Å²) in [6, 6.07) is 15.2. The molecule has 1 N–H and O–H groups in total. The number of hydrogen-bond acceptors (Lipinski definition) is 4. The maximum atomic E-state index is 10.9. The molecular formula is C18H20ClN4O2+. The van der Waals surface area contributed by atoms with Gasteiger partial charge in [-0.15, -0.1) is 0 Å². The van der Waals surface area contributed by atoms with Crippen molar-refractivity contribution in [1.82, 2.24) is 5.01 Å². The number of hydrazone groups is 1. The molecule has 0 atom stereocenters. The van der Waals surface area contributed by atoms with E-state index in [0.717, 1.165) is 32.7 Å². The van der Waals surface area contributed by atoms with Crippen molar-refractivity contribution in [3.05, 3.63) is 74.8 Å². The zero-order valence-electron chi connectivity index (χ0n) is 13.8. The fraction of sp³-hybridized carbons (Fsp3) is 0.278. The average molecular weight is 360 g/mol. The molecule has 1 aliphatic rings. The predicted octanol–water partition coefficient (Wildman–Crippen LogP) is 1.98. The van der Waals surface area contributed by atoms with Crippen molar-refractivity contribution in [2.45, 2.75) is 6.54 Å². The molecule has 0 unspecified atom stereocenters. The summed E-state index contributed by atoms with van der Waals surface area (Å²) >= 11 is 5.82. The Hall–Kier alpha value is -2.44. The molecule has 0 aliphatic carbocycles. The molecule has 1 saturated heterocycles. The molecule has 130 valence electrons. The lowest BCUT2D eigenvalue weighted by Gasteiger charge is -2.30. The van der Waals surface area contributed by atoms with Gasteiger partial charge in [-0.25, -0.2) is 0 Å². The van der Waals surface area contributed by atoms with Gasteiger partial charge in [-0.3, -0.25) is 15.1 Å². The maximum Gasteiger partial charge on any atom is 0.288 e. The first-order valence-electron chi connectivity index (χ1n) is 8.22. The number of nitro groups is 1. The summed E-state index contributed by atoms with van der Waals surface area (Å²) in [5.74, 6) is 0. The van der Waals surface area contributed by atoms with Crippen LogP contribution in [-0.2, 0) is 6.54 Å². The van der Waals surface area contributed by atoms with E-state index >= 15 is 0 Å². The van der Waals surface area contributed by atoms with E-state index in [-0.39, 0.29) is 10.7 Å². The van der Waals surface area contributed by atoms with E-state index in [1.54, 1.807) is 17.2 Å². The molecule has 2 aromatic rings. The minimum atomic E-state index is -0.481. The lowest BCUT2D eigenvalue weighted by Crippen LogP contribution is -3.13. The Balaban J connectivity index is 1.54. The molecule has 0 radical (unpaired) electrons. The number of nitrogens with one attached hydrogen (secondary N) is 1. The van der Waals surface area contributed by atoms with Gasteiger partial charge in [0.15, 0.2) is 0 Å². The summed E-state index contributed by atoms with van der Waals surface area (Å²) in [5.41, 5.74) is 1.93. The Kier molecular flexibility index (Phi) is 5.63. The molecule has 1 aliphatic heterocycles. The van der Waals surface area contributed by atoms with Crippen molar-refractivity contribution in [2.24, 2.45) is 5.10 Å². The molecule has 0 saturated carbocycles. The summed E-state index contributed by atoms with van der Waals surface area (Å²) in [5, 5.41) is 17.5. The molecule has 0 aromatic heterocycles. The molecule has 1 fully saturated rings. The molecule has 0 spiro atoms.